The van der Waals surface area contributed by atoms with Gasteiger partial charge in [0.15, 0.2) is 6.61 Å². The first-order valence-electron chi connectivity index (χ1n) is 8.14. The van der Waals surface area contributed by atoms with Crippen molar-refractivity contribution >= 4 is 29.0 Å². The minimum absolute atomic E-state index is 0.389. The minimum atomic E-state index is -1.03. The Balaban J connectivity index is 1.79. The van der Waals surface area contributed by atoms with Crippen LogP contribution in [0.2, 0.25) is 0 Å². The molecular formula is C21H16N2O3S. The number of carboxylic acids is 1. The molecule has 2 aromatic carbocycles. The van der Waals surface area contributed by atoms with Crippen molar-refractivity contribution in [3.8, 4) is 23.1 Å². The largest absolute Gasteiger partial charge is 0.482 e. The summed E-state index contributed by atoms with van der Waals surface area (Å²) in [5, 5.41) is 20.7. The number of aryl methyl sites for hydroxylation is 1. The van der Waals surface area contributed by atoms with Crippen LogP contribution in [0.3, 0.4) is 0 Å². The van der Waals surface area contributed by atoms with Gasteiger partial charge in [0, 0.05) is 10.9 Å². The number of nitriles is 1. The molecule has 1 aromatic heterocycles. The minimum Gasteiger partial charge on any atom is -0.482 e. The van der Waals surface area contributed by atoms with Crippen LogP contribution in [-0.2, 0) is 4.79 Å². The van der Waals surface area contributed by atoms with E-state index in [1.54, 1.807) is 30.3 Å². The molecule has 0 fully saturated rings. The summed E-state index contributed by atoms with van der Waals surface area (Å²) in [5.41, 5.74) is 4.32. The second-order valence-corrected chi connectivity index (χ2v) is 6.68. The second-order valence-electron chi connectivity index (χ2n) is 5.83. The van der Waals surface area contributed by atoms with Crippen LogP contribution in [0.25, 0.3) is 22.9 Å². The van der Waals surface area contributed by atoms with Gasteiger partial charge >= 0.3 is 5.97 Å². The summed E-state index contributed by atoms with van der Waals surface area (Å²) >= 11 is 1.42. The summed E-state index contributed by atoms with van der Waals surface area (Å²) in [7, 11) is 0. The van der Waals surface area contributed by atoms with Crippen LogP contribution in [0.1, 0.15) is 16.1 Å². The highest BCUT2D eigenvalue weighted by atomic mass is 32.1. The van der Waals surface area contributed by atoms with Crippen molar-refractivity contribution in [3.63, 3.8) is 0 Å². The monoisotopic (exact) mass is 376 g/mol. The Bertz CT molecular complexity index is 1010. The highest BCUT2D eigenvalue weighted by Crippen LogP contribution is 2.27. The van der Waals surface area contributed by atoms with E-state index in [9.17, 15) is 10.1 Å². The molecule has 27 heavy (non-hydrogen) atoms. The van der Waals surface area contributed by atoms with Gasteiger partial charge in [0.1, 0.15) is 16.8 Å². The standard InChI is InChI=1S/C21H16N2O3S/c1-14-2-6-16(7-3-14)19-13-27-21(23-19)17(11-22)10-15-4-8-18(9-5-15)26-12-20(24)25/h2-10,13H,12H2,1H3,(H,24,25)/b17-10+. The number of aromatic nitrogens is 1. The van der Waals surface area contributed by atoms with Crippen molar-refractivity contribution < 1.29 is 14.6 Å². The molecule has 134 valence electrons. The Hall–Kier alpha value is -3.43. The van der Waals surface area contributed by atoms with Gasteiger partial charge in [0.25, 0.3) is 0 Å². The normalized spacial score (nSPS) is 11.0. The van der Waals surface area contributed by atoms with E-state index in [1.807, 2.05) is 36.6 Å². The van der Waals surface area contributed by atoms with Crippen LogP contribution >= 0.6 is 11.3 Å². The SMILES string of the molecule is Cc1ccc(-c2csc(/C(C#N)=C/c3ccc(OCC(=O)O)cc3)n2)cc1. The van der Waals surface area contributed by atoms with Gasteiger partial charge in [-0.25, -0.2) is 9.78 Å². The molecule has 0 saturated heterocycles. The van der Waals surface area contributed by atoms with Gasteiger partial charge in [-0.1, -0.05) is 42.0 Å². The summed E-state index contributed by atoms with van der Waals surface area (Å²) in [4.78, 5) is 15.1. The molecule has 3 aromatic rings. The molecule has 0 aliphatic carbocycles. The Kier molecular flexibility index (Phi) is 5.64. The van der Waals surface area contributed by atoms with Crippen molar-refractivity contribution in [3.05, 3.63) is 70.0 Å². The van der Waals surface area contributed by atoms with E-state index in [2.05, 4.69) is 11.1 Å². The molecule has 1 N–H and O–H groups in total. The highest BCUT2D eigenvalue weighted by Gasteiger charge is 2.09. The van der Waals surface area contributed by atoms with Crippen LogP contribution < -0.4 is 4.74 Å². The van der Waals surface area contributed by atoms with Crippen LogP contribution in [0, 0.1) is 18.3 Å². The number of thiazole rings is 1. The fourth-order valence-electron chi connectivity index (χ4n) is 2.37. The van der Waals surface area contributed by atoms with Crippen molar-refractivity contribution in [2.75, 3.05) is 6.61 Å². The number of carbonyl (C=O) groups is 1. The fourth-order valence-corrected chi connectivity index (χ4v) is 3.16. The van der Waals surface area contributed by atoms with E-state index >= 15 is 0 Å². The summed E-state index contributed by atoms with van der Waals surface area (Å²) < 4.78 is 5.10. The number of aliphatic carboxylic acids is 1. The highest BCUT2D eigenvalue weighted by molar-refractivity contribution is 7.11. The van der Waals surface area contributed by atoms with Gasteiger partial charge in [0.2, 0.25) is 0 Å². The number of carboxylic acid groups (broad SMARTS) is 1. The number of ether oxygens (including phenoxy) is 1. The molecule has 0 bridgehead atoms. The average Bonchev–Trinajstić information content (AvgIpc) is 3.16. The van der Waals surface area contributed by atoms with Crippen LogP contribution in [-0.4, -0.2) is 22.7 Å². The van der Waals surface area contributed by atoms with E-state index in [1.165, 1.54) is 16.9 Å². The summed E-state index contributed by atoms with van der Waals surface area (Å²) in [6.45, 7) is 1.64. The first kappa shape index (κ1) is 18.4. The molecule has 6 heteroatoms. The zero-order chi connectivity index (χ0) is 19.2. The van der Waals surface area contributed by atoms with Crippen molar-refractivity contribution in [1.29, 1.82) is 5.26 Å². The Morgan fingerprint density at radius 2 is 1.93 bits per heavy atom. The third kappa shape index (κ3) is 4.81. The Morgan fingerprint density at radius 3 is 2.56 bits per heavy atom. The lowest BCUT2D eigenvalue weighted by molar-refractivity contribution is -0.139. The maximum atomic E-state index is 10.5. The third-order valence-electron chi connectivity index (χ3n) is 3.76. The van der Waals surface area contributed by atoms with E-state index in [0.29, 0.717) is 16.3 Å². The number of rotatable bonds is 6. The molecular weight excluding hydrogens is 360 g/mol. The van der Waals surface area contributed by atoms with Crippen LogP contribution in [0.15, 0.2) is 53.9 Å². The maximum absolute atomic E-state index is 10.5. The zero-order valence-electron chi connectivity index (χ0n) is 14.5. The lowest BCUT2D eigenvalue weighted by Crippen LogP contribution is -2.09. The number of benzene rings is 2. The lowest BCUT2D eigenvalue weighted by Gasteiger charge is -2.03. The van der Waals surface area contributed by atoms with Crippen LogP contribution in [0.5, 0.6) is 5.75 Å². The summed E-state index contributed by atoms with van der Waals surface area (Å²) in [6.07, 6.45) is 1.75. The predicted molar refractivity (Wildman–Crippen MR) is 105 cm³/mol. The van der Waals surface area contributed by atoms with E-state index in [0.717, 1.165) is 16.8 Å². The van der Waals surface area contributed by atoms with E-state index < -0.39 is 5.97 Å². The second kappa shape index (κ2) is 8.30. The number of hydrogen-bond acceptors (Lipinski definition) is 5. The lowest BCUT2D eigenvalue weighted by atomic mass is 10.1. The molecule has 0 aliphatic heterocycles. The van der Waals surface area contributed by atoms with Crippen molar-refractivity contribution in [2.24, 2.45) is 0 Å². The van der Waals surface area contributed by atoms with Gasteiger partial charge in [-0.15, -0.1) is 11.3 Å². The van der Waals surface area contributed by atoms with Gasteiger partial charge in [-0.3, -0.25) is 0 Å². The topological polar surface area (TPSA) is 83.2 Å². The zero-order valence-corrected chi connectivity index (χ0v) is 15.4. The molecule has 0 atom stereocenters. The van der Waals surface area contributed by atoms with Gasteiger partial charge in [0.05, 0.1) is 11.3 Å². The number of hydrogen-bond donors (Lipinski definition) is 1. The maximum Gasteiger partial charge on any atom is 0.341 e. The summed E-state index contributed by atoms with van der Waals surface area (Å²) in [6, 6.07) is 17.2. The number of allylic oxidation sites excluding steroid dienone is 1. The molecule has 0 aliphatic rings. The van der Waals surface area contributed by atoms with Gasteiger partial charge in [-0.05, 0) is 30.7 Å². The molecule has 0 unspecified atom stereocenters. The molecule has 0 saturated carbocycles. The molecule has 5 nitrogen and oxygen atoms in total. The number of nitrogens with zero attached hydrogens (tertiary/aromatic N) is 2. The molecule has 0 amide bonds. The predicted octanol–water partition coefficient (Wildman–Crippen LogP) is 4.65. The smallest absolute Gasteiger partial charge is 0.341 e. The first-order valence-corrected chi connectivity index (χ1v) is 9.02. The molecule has 0 radical (unpaired) electrons. The van der Waals surface area contributed by atoms with Gasteiger partial charge < -0.3 is 9.84 Å². The molecule has 3 rings (SSSR count). The fraction of sp³-hybridized carbons (Fsp3) is 0.0952. The Morgan fingerprint density at radius 1 is 1.22 bits per heavy atom. The molecule has 0 spiro atoms. The average molecular weight is 376 g/mol. The van der Waals surface area contributed by atoms with Crippen molar-refractivity contribution in [2.45, 2.75) is 6.92 Å². The quantitative estimate of drug-likeness (QED) is 0.633. The Labute approximate surface area is 160 Å². The van der Waals surface area contributed by atoms with E-state index in [-0.39, 0.29) is 6.61 Å². The summed E-state index contributed by atoms with van der Waals surface area (Å²) in [5.74, 6) is -0.567. The van der Waals surface area contributed by atoms with Crippen LogP contribution in [0.4, 0.5) is 0 Å². The third-order valence-corrected chi connectivity index (χ3v) is 4.63. The molecule has 1 heterocycles. The van der Waals surface area contributed by atoms with Gasteiger partial charge in [-0.2, -0.15) is 5.26 Å². The first-order chi connectivity index (χ1) is 13.0. The van der Waals surface area contributed by atoms with Crippen molar-refractivity contribution in [1.82, 2.24) is 4.98 Å². The van der Waals surface area contributed by atoms with E-state index in [4.69, 9.17) is 9.84 Å².